The highest BCUT2D eigenvalue weighted by atomic mass is 35.5. The smallest absolute Gasteiger partial charge is 0.247 e. The van der Waals surface area contributed by atoms with Gasteiger partial charge in [0, 0.05) is 18.8 Å². The zero-order valence-electron chi connectivity index (χ0n) is 17.3. The maximum atomic E-state index is 13.0. The molecule has 2 fully saturated rings. The van der Waals surface area contributed by atoms with E-state index in [2.05, 4.69) is 75.8 Å². The predicted molar refractivity (Wildman–Crippen MR) is 126 cm³/mol. The van der Waals surface area contributed by atoms with Crippen LogP contribution in [0.25, 0.3) is 11.1 Å². The average molecular weight is 432 g/mol. The molecular formula is C26H26ClN3O. The van der Waals surface area contributed by atoms with Crippen LogP contribution in [0.5, 0.6) is 0 Å². The van der Waals surface area contributed by atoms with Crippen molar-refractivity contribution in [1.29, 1.82) is 0 Å². The number of halogens is 1. The van der Waals surface area contributed by atoms with E-state index in [4.69, 9.17) is 0 Å². The fourth-order valence-electron chi connectivity index (χ4n) is 5.71. The molecular weight excluding hydrogens is 406 g/mol. The van der Waals surface area contributed by atoms with Crippen molar-refractivity contribution in [3.63, 3.8) is 0 Å². The van der Waals surface area contributed by atoms with Crippen LogP contribution >= 0.6 is 12.4 Å². The number of anilines is 1. The number of carbonyl (C=O) groups excluding carboxylic acids is 1. The summed E-state index contributed by atoms with van der Waals surface area (Å²) in [6.07, 6.45) is 1.68. The van der Waals surface area contributed by atoms with E-state index in [9.17, 15) is 4.79 Å². The van der Waals surface area contributed by atoms with Gasteiger partial charge in [0.1, 0.15) is 5.54 Å². The molecule has 31 heavy (non-hydrogen) atoms. The molecule has 2 saturated heterocycles. The third-order valence-electron chi connectivity index (χ3n) is 7.20. The lowest BCUT2D eigenvalue weighted by molar-refractivity contribution is -0.125. The number of nitrogens with zero attached hydrogens (tertiary/aromatic N) is 2. The monoisotopic (exact) mass is 431 g/mol. The minimum atomic E-state index is -0.435. The summed E-state index contributed by atoms with van der Waals surface area (Å²) in [6.45, 7) is 2.41. The molecule has 2 aliphatic heterocycles. The quantitative estimate of drug-likeness (QED) is 0.643. The normalized spacial score (nSPS) is 19.6. The first-order chi connectivity index (χ1) is 14.8. The van der Waals surface area contributed by atoms with Gasteiger partial charge in [-0.15, -0.1) is 12.4 Å². The van der Waals surface area contributed by atoms with Crippen LogP contribution in [0.3, 0.4) is 0 Å². The van der Waals surface area contributed by atoms with Crippen LogP contribution in [0.1, 0.15) is 30.0 Å². The summed E-state index contributed by atoms with van der Waals surface area (Å²) in [5, 5.41) is 3.11. The molecule has 1 amide bonds. The summed E-state index contributed by atoms with van der Waals surface area (Å²) < 4.78 is 0. The van der Waals surface area contributed by atoms with Crippen LogP contribution in [-0.4, -0.2) is 36.1 Å². The third kappa shape index (κ3) is 2.97. The molecule has 0 radical (unpaired) electrons. The van der Waals surface area contributed by atoms with Crippen molar-refractivity contribution in [3.8, 4) is 11.1 Å². The van der Waals surface area contributed by atoms with E-state index in [-0.39, 0.29) is 24.4 Å². The number of hydrogen-bond donors (Lipinski definition) is 1. The Kier molecular flexibility index (Phi) is 4.99. The molecule has 1 aliphatic carbocycles. The second-order valence-electron chi connectivity index (χ2n) is 8.57. The van der Waals surface area contributed by atoms with Crippen LogP contribution in [0.4, 0.5) is 5.69 Å². The second kappa shape index (κ2) is 7.70. The molecule has 0 aromatic heterocycles. The van der Waals surface area contributed by atoms with Crippen LogP contribution in [0.2, 0.25) is 0 Å². The highest BCUT2D eigenvalue weighted by Crippen LogP contribution is 2.48. The number of para-hydroxylation sites is 1. The maximum absolute atomic E-state index is 13.0. The molecule has 5 heteroatoms. The van der Waals surface area contributed by atoms with E-state index in [0.29, 0.717) is 6.67 Å². The first-order valence-electron chi connectivity index (χ1n) is 10.8. The van der Waals surface area contributed by atoms with Gasteiger partial charge in [-0.05, 0) is 47.2 Å². The van der Waals surface area contributed by atoms with Gasteiger partial charge in [-0.1, -0.05) is 66.7 Å². The van der Waals surface area contributed by atoms with Gasteiger partial charge in [0.25, 0.3) is 0 Å². The van der Waals surface area contributed by atoms with Gasteiger partial charge in [-0.2, -0.15) is 0 Å². The molecule has 0 bridgehead atoms. The molecule has 2 heterocycles. The van der Waals surface area contributed by atoms with Gasteiger partial charge >= 0.3 is 0 Å². The van der Waals surface area contributed by atoms with Crippen molar-refractivity contribution >= 4 is 24.0 Å². The molecule has 3 aromatic rings. The SMILES string of the molecule is Cl.O=C1NCN(c2ccccc2)C12CCN(C1c3ccccc3-c3ccccc31)CC2. The van der Waals surface area contributed by atoms with E-state index in [1.54, 1.807) is 0 Å². The lowest BCUT2D eigenvalue weighted by Crippen LogP contribution is -2.56. The number of likely N-dealkylation sites (tertiary alicyclic amines) is 1. The summed E-state index contributed by atoms with van der Waals surface area (Å²) in [4.78, 5) is 17.8. The Bertz CT molecular complexity index is 1060. The summed E-state index contributed by atoms with van der Waals surface area (Å²) in [6, 6.07) is 28.2. The molecule has 1 N–H and O–H groups in total. The largest absolute Gasteiger partial charge is 0.339 e. The number of fused-ring (bicyclic) bond motifs is 3. The molecule has 158 valence electrons. The van der Waals surface area contributed by atoms with Crippen molar-refractivity contribution in [3.05, 3.63) is 90.0 Å². The number of piperidine rings is 1. The van der Waals surface area contributed by atoms with E-state index in [0.717, 1.165) is 31.6 Å². The lowest BCUT2D eigenvalue weighted by Gasteiger charge is -2.45. The van der Waals surface area contributed by atoms with Crippen LogP contribution in [0.15, 0.2) is 78.9 Å². The second-order valence-corrected chi connectivity index (χ2v) is 8.57. The van der Waals surface area contributed by atoms with Gasteiger partial charge in [0.2, 0.25) is 5.91 Å². The Morgan fingerprint density at radius 2 is 1.32 bits per heavy atom. The number of carbonyl (C=O) groups is 1. The van der Waals surface area contributed by atoms with E-state index in [1.165, 1.54) is 22.3 Å². The first-order valence-corrected chi connectivity index (χ1v) is 10.8. The number of hydrogen-bond acceptors (Lipinski definition) is 3. The maximum Gasteiger partial charge on any atom is 0.247 e. The van der Waals surface area contributed by atoms with Crippen molar-refractivity contribution in [2.75, 3.05) is 24.7 Å². The van der Waals surface area contributed by atoms with Crippen molar-refractivity contribution in [1.82, 2.24) is 10.2 Å². The summed E-state index contributed by atoms with van der Waals surface area (Å²) in [5.74, 6) is 0.179. The van der Waals surface area contributed by atoms with Crippen molar-refractivity contribution in [2.45, 2.75) is 24.4 Å². The predicted octanol–water partition coefficient (Wildman–Crippen LogP) is 4.61. The van der Waals surface area contributed by atoms with Gasteiger partial charge < -0.3 is 10.2 Å². The summed E-state index contributed by atoms with van der Waals surface area (Å²) in [7, 11) is 0. The van der Waals surface area contributed by atoms with Crippen LogP contribution < -0.4 is 10.2 Å². The summed E-state index contributed by atoms with van der Waals surface area (Å²) >= 11 is 0. The van der Waals surface area contributed by atoms with E-state index in [1.807, 2.05) is 18.2 Å². The Morgan fingerprint density at radius 3 is 1.94 bits per heavy atom. The summed E-state index contributed by atoms with van der Waals surface area (Å²) in [5.41, 5.74) is 6.18. The zero-order chi connectivity index (χ0) is 20.1. The number of benzene rings is 3. The van der Waals surface area contributed by atoms with Gasteiger partial charge in [0.05, 0.1) is 12.7 Å². The highest BCUT2D eigenvalue weighted by Gasteiger charge is 2.51. The highest BCUT2D eigenvalue weighted by molar-refractivity contribution is 5.93. The number of amides is 1. The average Bonchev–Trinajstić information content (AvgIpc) is 3.30. The fourth-order valence-corrected chi connectivity index (χ4v) is 5.71. The molecule has 0 unspecified atom stereocenters. The zero-order valence-corrected chi connectivity index (χ0v) is 18.1. The van der Waals surface area contributed by atoms with Gasteiger partial charge in [0.15, 0.2) is 0 Å². The van der Waals surface area contributed by atoms with Crippen molar-refractivity contribution in [2.24, 2.45) is 0 Å². The number of rotatable bonds is 2. The standard InChI is InChI=1S/C26H25N3O.ClH/c30-25-26(29(18-27-25)19-8-2-1-3-9-19)14-16-28(17-15-26)24-22-12-6-4-10-20(22)21-11-5-7-13-23(21)24;/h1-13,24H,14-18H2,(H,27,30);1H. The van der Waals surface area contributed by atoms with Crippen molar-refractivity contribution < 1.29 is 4.79 Å². The molecule has 0 atom stereocenters. The molecule has 6 rings (SSSR count). The fraction of sp³-hybridized carbons (Fsp3) is 0.269. The van der Waals surface area contributed by atoms with E-state index >= 15 is 0 Å². The van der Waals surface area contributed by atoms with Crippen LogP contribution in [-0.2, 0) is 4.79 Å². The Morgan fingerprint density at radius 1 is 0.774 bits per heavy atom. The Balaban J connectivity index is 0.00000204. The van der Waals surface area contributed by atoms with E-state index < -0.39 is 5.54 Å². The molecule has 4 nitrogen and oxygen atoms in total. The minimum Gasteiger partial charge on any atom is -0.339 e. The number of nitrogens with one attached hydrogen (secondary N) is 1. The minimum absolute atomic E-state index is 0. The molecule has 3 aliphatic rings. The Hall–Kier alpha value is -2.82. The van der Waals surface area contributed by atoms with Gasteiger partial charge in [-0.25, -0.2) is 0 Å². The molecule has 3 aromatic carbocycles. The first kappa shape index (κ1) is 20.1. The third-order valence-corrected chi connectivity index (χ3v) is 7.20. The topological polar surface area (TPSA) is 35.6 Å². The lowest BCUT2D eigenvalue weighted by atomic mass is 9.84. The van der Waals surface area contributed by atoms with Crippen LogP contribution in [0, 0.1) is 0 Å². The Labute approximate surface area is 189 Å². The van der Waals surface area contributed by atoms with Gasteiger partial charge in [-0.3, -0.25) is 9.69 Å². The molecule has 0 saturated carbocycles. The molecule has 1 spiro atoms.